The summed E-state index contributed by atoms with van der Waals surface area (Å²) in [4.78, 5) is 29.4. The molecule has 1 aliphatic heterocycles. The molecule has 7 heteroatoms. The molecule has 0 saturated heterocycles. The normalized spacial score (nSPS) is 18.7. The van der Waals surface area contributed by atoms with E-state index in [2.05, 4.69) is 4.98 Å². The molecular weight excluding hydrogens is 238 g/mol. The monoisotopic (exact) mass is 251 g/mol. The number of aromatic nitrogens is 1. The van der Waals surface area contributed by atoms with Gasteiger partial charge in [0.15, 0.2) is 11.6 Å². The van der Waals surface area contributed by atoms with Crippen LogP contribution in [0.25, 0.3) is 0 Å². The van der Waals surface area contributed by atoms with Gasteiger partial charge in [-0.15, -0.1) is 0 Å². The van der Waals surface area contributed by atoms with E-state index < -0.39 is 12.1 Å². The summed E-state index contributed by atoms with van der Waals surface area (Å²) in [6, 6.07) is 2.51. The molecule has 7 nitrogen and oxygen atoms in total. The maximum atomic E-state index is 12.2. The SMILES string of the molecule is CN1C(=O)[C@@H](N(C)C(=O)O)COc2cccnc21. The summed E-state index contributed by atoms with van der Waals surface area (Å²) < 4.78 is 5.44. The number of carbonyl (C=O) groups is 2. The zero-order valence-corrected chi connectivity index (χ0v) is 10.0. The van der Waals surface area contributed by atoms with Crippen molar-refractivity contribution in [1.29, 1.82) is 0 Å². The van der Waals surface area contributed by atoms with Gasteiger partial charge in [-0.25, -0.2) is 9.78 Å². The van der Waals surface area contributed by atoms with Crippen LogP contribution in [0.5, 0.6) is 5.75 Å². The zero-order valence-electron chi connectivity index (χ0n) is 10.0. The molecule has 1 N–H and O–H groups in total. The summed E-state index contributed by atoms with van der Waals surface area (Å²) in [5.41, 5.74) is 0. The van der Waals surface area contributed by atoms with Gasteiger partial charge in [0.1, 0.15) is 12.6 Å². The number of rotatable bonds is 1. The third kappa shape index (κ3) is 1.94. The van der Waals surface area contributed by atoms with Gasteiger partial charge in [0, 0.05) is 20.3 Å². The van der Waals surface area contributed by atoms with Crippen LogP contribution in [0.3, 0.4) is 0 Å². The number of carboxylic acid groups (broad SMARTS) is 1. The number of amides is 2. The summed E-state index contributed by atoms with van der Waals surface area (Å²) in [6.07, 6.45) is 0.372. The van der Waals surface area contributed by atoms with Crippen LogP contribution in [0.15, 0.2) is 18.3 Å². The molecule has 0 spiro atoms. The zero-order chi connectivity index (χ0) is 13.3. The van der Waals surface area contributed by atoms with Gasteiger partial charge in [0.2, 0.25) is 0 Å². The summed E-state index contributed by atoms with van der Waals surface area (Å²) in [5.74, 6) is 0.496. The van der Waals surface area contributed by atoms with Crippen LogP contribution in [-0.4, -0.2) is 53.7 Å². The highest BCUT2D eigenvalue weighted by Gasteiger charge is 2.34. The second-order valence-electron chi connectivity index (χ2n) is 3.94. The van der Waals surface area contributed by atoms with Crippen LogP contribution < -0.4 is 9.64 Å². The average molecular weight is 251 g/mol. The Hall–Kier alpha value is -2.31. The molecule has 2 amide bonds. The van der Waals surface area contributed by atoms with Crippen LogP contribution in [0.4, 0.5) is 10.6 Å². The van der Waals surface area contributed by atoms with E-state index in [4.69, 9.17) is 9.84 Å². The van der Waals surface area contributed by atoms with E-state index in [1.165, 1.54) is 11.9 Å². The molecule has 2 rings (SSSR count). The number of hydrogen-bond donors (Lipinski definition) is 1. The lowest BCUT2D eigenvalue weighted by molar-refractivity contribution is -0.123. The lowest BCUT2D eigenvalue weighted by Crippen LogP contribution is -2.49. The quantitative estimate of drug-likeness (QED) is 0.781. The summed E-state index contributed by atoms with van der Waals surface area (Å²) in [6.45, 7) is -0.0231. The molecule has 0 radical (unpaired) electrons. The molecule has 1 aliphatic rings. The van der Waals surface area contributed by atoms with E-state index in [1.807, 2.05) is 0 Å². The Morgan fingerprint density at radius 1 is 1.67 bits per heavy atom. The Morgan fingerprint density at radius 2 is 2.39 bits per heavy atom. The number of anilines is 1. The van der Waals surface area contributed by atoms with Gasteiger partial charge in [0.25, 0.3) is 5.91 Å². The van der Waals surface area contributed by atoms with Crippen molar-refractivity contribution in [3.63, 3.8) is 0 Å². The van der Waals surface area contributed by atoms with Crippen LogP contribution in [-0.2, 0) is 4.79 Å². The van der Waals surface area contributed by atoms with Crippen LogP contribution in [0.2, 0.25) is 0 Å². The molecule has 1 atom stereocenters. The predicted octanol–water partition coefficient (Wildman–Crippen LogP) is 0.415. The highest BCUT2D eigenvalue weighted by Crippen LogP contribution is 2.28. The molecule has 0 saturated carbocycles. The first-order valence-corrected chi connectivity index (χ1v) is 5.33. The van der Waals surface area contributed by atoms with Crippen molar-refractivity contribution in [2.75, 3.05) is 25.6 Å². The van der Waals surface area contributed by atoms with Gasteiger partial charge in [-0.05, 0) is 12.1 Å². The second kappa shape index (κ2) is 4.52. The fourth-order valence-corrected chi connectivity index (χ4v) is 1.73. The third-order valence-electron chi connectivity index (χ3n) is 2.85. The van der Waals surface area contributed by atoms with Crippen molar-refractivity contribution in [3.05, 3.63) is 18.3 Å². The smallest absolute Gasteiger partial charge is 0.407 e. The van der Waals surface area contributed by atoms with Crippen molar-refractivity contribution in [2.45, 2.75) is 6.04 Å². The maximum absolute atomic E-state index is 12.2. The third-order valence-corrected chi connectivity index (χ3v) is 2.85. The minimum Gasteiger partial charge on any atom is -0.487 e. The molecule has 96 valence electrons. The largest absolute Gasteiger partial charge is 0.487 e. The van der Waals surface area contributed by atoms with Crippen molar-refractivity contribution in [2.24, 2.45) is 0 Å². The number of fused-ring (bicyclic) bond motifs is 1. The molecule has 0 bridgehead atoms. The van der Waals surface area contributed by atoms with Crippen molar-refractivity contribution >= 4 is 17.8 Å². The summed E-state index contributed by atoms with van der Waals surface area (Å²) in [5, 5.41) is 8.93. The molecule has 0 fully saturated rings. The predicted molar refractivity (Wildman–Crippen MR) is 62.7 cm³/mol. The lowest BCUT2D eigenvalue weighted by atomic mass is 10.2. The van der Waals surface area contributed by atoms with E-state index >= 15 is 0 Å². The Morgan fingerprint density at radius 3 is 3.06 bits per heavy atom. The van der Waals surface area contributed by atoms with Crippen molar-refractivity contribution in [3.8, 4) is 5.75 Å². The first-order valence-electron chi connectivity index (χ1n) is 5.33. The number of nitrogens with zero attached hydrogens (tertiary/aromatic N) is 3. The molecule has 0 aliphatic carbocycles. The maximum Gasteiger partial charge on any atom is 0.407 e. The fraction of sp³-hybridized carbons (Fsp3) is 0.364. The Kier molecular flexibility index (Phi) is 3.05. The van der Waals surface area contributed by atoms with E-state index in [0.717, 1.165) is 4.90 Å². The van der Waals surface area contributed by atoms with Gasteiger partial charge >= 0.3 is 6.09 Å². The fourth-order valence-electron chi connectivity index (χ4n) is 1.73. The summed E-state index contributed by atoms with van der Waals surface area (Å²) >= 11 is 0. The van der Waals surface area contributed by atoms with Gasteiger partial charge in [-0.1, -0.05) is 0 Å². The standard InChI is InChI=1S/C11H13N3O4/c1-13(11(16)17)7-6-18-8-4-3-5-12-9(8)14(2)10(7)15/h3-5,7H,6H2,1-2H3,(H,16,17)/t7-/m0/s1. The molecule has 0 unspecified atom stereocenters. The lowest BCUT2D eigenvalue weighted by Gasteiger charge is -2.24. The topological polar surface area (TPSA) is 83.0 Å². The molecule has 2 heterocycles. The Labute approximate surface area is 104 Å². The highest BCUT2D eigenvalue weighted by molar-refractivity contribution is 5.99. The van der Waals surface area contributed by atoms with Gasteiger partial charge in [-0.3, -0.25) is 14.6 Å². The first-order chi connectivity index (χ1) is 8.52. The minimum absolute atomic E-state index is 0.0231. The van der Waals surface area contributed by atoms with Crippen LogP contribution in [0, 0.1) is 0 Å². The molecule has 1 aromatic rings. The average Bonchev–Trinajstić information content (AvgIpc) is 2.48. The molecular formula is C11H13N3O4. The second-order valence-corrected chi connectivity index (χ2v) is 3.94. The van der Waals surface area contributed by atoms with E-state index in [9.17, 15) is 9.59 Å². The number of likely N-dealkylation sites (N-methyl/N-ethyl adjacent to an activating group) is 2. The molecule has 1 aromatic heterocycles. The number of ether oxygens (including phenoxy) is 1. The van der Waals surface area contributed by atoms with Crippen LogP contribution >= 0.6 is 0 Å². The number of carbonyl (C=O) groups excluding carboxylic acids is 1. The van der Waals surface area contributed by atoms with E-state index in [0.29, 0.717) is 11.6 Å². The number of hydrogen-bond acceptors (Lipinski definition) is 4. The van der Waals surface area contributed by atoms with Gasteiger partial charge in [-0.2, -0.15) is 0 Å². The van der Waals surface area contributed by atoms with E-state index in [-0.39, 0.29) is 12.5 Å². The summed E-state index contributed by atoms with van der Waals surface area (Å²) in [7, 11) is 2.89. The van der Waals surface area contributed by atoms with E-state index in [1.54, 1.807) is 25.4 Å². The first kappa shape index (κ1) is 12.2. The molecule has 18 heavy (non-hydrogen) atoms. The highest BCUT2D eigenvalue weighted by atomic mass is 16.5. The minimum atomic E-state index is -1.18. The van der Waals surface area contributed by atoms with Crippen molar-refractivity contribution < 1.29 is 19.4 Å². The van der Waals surface area contributed by atoms with Gasteiger partial charge < -0.3 is 9.84 Å². The molecule has 0 aromatic carbocycles. The van der Waals surface area contributed by atoms with Gasteiger partial charge in [0.05, 0.1) is 0 Å². The van der Waals surface area contributed by atoms with Crippen molar-refractivity contribution in [1.82, 2.24) is 9.88 Å². The Balaban J connectivity index is 2.34. The Bertz CT molecular complexity index is 491. The van der Waals surface area contributed by atoms with Crippen LogP contribution in [0.1, 0.15) is 0 Å². The number of pyridine rings is 1.